The van der Waals surface area contributed by atoms with Crippen LogP contribution in [0.5, 0.6) is 0 Å². The zero-order chi connectivity index (χ0) is 12.1. The van der Waals surface area contributed by atoms with E-state index in [9.17, 15) is 4.21 Å². The minimum absolute atomic E-state index is 0.213. The normalized spacial score (nSPS) is 14.5. The summed E-state index contributed by atoms with van der Waals surface area (Å²) in [6.07, 6.45) is 4.37. The molecule has 4 nitrogen and oxygen atoms in total. The molecule has 0 spiro atoms. The van der Waals surface area contributed by atoms with E-state index in [-0.39, 0.29) is 5.25 Å². The number of nitrogens with one attached hydrogen (secondary N) is 1. The topological polar surface area (TPSA) is 54.9 Å². The van der Waals surface area contributed by atoms with E-state index in [1.807, 2.05) is 20.8 Å². The van der Waals surface area contributed by atoms with E-state index >= 15 is 0 Å². The predicted molar refractivity (Wildman–Crippen MR) is 68.1 cm³/mol. The van der Waals surface area contributed by atoms with Crippen LogP contribution in [0.1, 0.15) is 24.7 Å². The average molecular weight is 241 g/mol. The monoisotopic (exact) mass is 241 g/mol. The lowest BCUT2D eigenvalue weighted by Gasteiger charge is -2.11. The minimum Gasteiger partial charge on any atom is -0.369 e. The van der Waals surface area contributed by atoms with Crippen LogP contribution >= 0.6 is 0 Å². The molecule has 5 heteroatoms. The summed E-state index contributed by atoms with van der Waals surface area (Å²) in [7, 11) is -0.754. The molecule has 2 atom stereocenters. The van der Waals surface area contributed by atoms with Crippen LogP contribution in [0.2, 0.25) is 0 Å². The number of hydrogen-bond donors (Lipinski definition) is 1. The molecule has 0 amide bonds. The lowest BCUT2D eigenvalue weighted by Crippen LogP contribution is -2.16. The van der Waals surface area contributed by atoms with Gasteiger partial charge in [-0.1, -0.05) is 6.92 Å². The first-order valence-corrected chi connectivity index (χ1v) is 6.99. The molecule has 1 aromatic heterocycles. The molecule has 90 valence electrons. The van der Waals surface area contributed by atoms with Crippen molar-refractivity contribution in [3.8, 4) is 0 Å². The van der Waals surface area contributed by atoms with Gasteiger partial charge in [0, 0.05) is 35.0 Å². The number of nitrogens with zero attached hydrogens (tertiary/aromatic N) is 2. The Morgan fingerprint density at radius 2 is 2.19 bits per heavy atom. The highest BCUT2D eigenvalue weighted by molar-refractivity contribution is 7.84. The van der Waals surface area contributed by atoms with E-state index in [0.29, 0.717) is 0 Å². The Balaban J connectivity index is 2.48. The molecule has 0 aliphatic carbocycles. The van der Waals surface area contributed by atoms with Gasteiger partial charge >= 0.3 is 0 Å². The van der Waals surface area contributed by atoms with Gasteiger partial charge in [0.1, 0.15) is 5.82 Å². The van der Waals surface area contributed by atoms with Crippen molar-refractivity contribution in [2.75, 3.05) is 18.1 Å². The van der Waals surface area contributed by atoms with Gasteiger partial charge in [-0.3, -0.25) is 9.19 Å². The number of anilines is 1. The first-order valence-electron chi connectivity index (χ1n) is 5.37. The lowest BCUT2D eigenvalue weighted by molar-refractivity contribution is 0.672. The fourth-order valence-electron chi connectivity index (χ4n) is 1.26. The van der Waals surface area contributed by atoms with Gasteiger partial charge in [-0.25, -0.2) is 4.98 Å². The van der Waals surface area contributed by atoms with Crippen molar-refractivity contribution >= 4 is 16.6 Å². The summed E-state index contributed by atoms with van der Waals surface area (Å²) in [5.41, 5.74) is 1.80. The Bertz CT molecular complexity index is 381. The summed E-state index contributed by atoms with van der Waals surface area (Å²) >= 11 is 0. The summed E-state index contributed by atoms with van der Waals surface area (Å²) in [4.78, 5) is 8.59. The Labute approximate surface area is 99.3 Å². The third-order valence-electron chi connectivity index (χ3n) is 2.49. The first-order chi connectivity index (χ1) is 7.50. The first kappa shape index (κ1) is 13.1. The minimum atomic E-state index is -0.754. The van der Waals surface area contributed by atoms with Crippen LogP contribution in [0.25, 0.3) is 0 Å². The molecule has 0 saturated carbocycles. The van der Waals surface area contributed by atoms with E-state index in [1.54, 1.807) is 12.5 Å². The number of rotatable bonds is 5. The number of hydrogen-bond acceptors (Lipinski definition) is 4. The molecular weight excluding hydrogens is 222 g/mol. The van der Waals surface area contributed by atoms with Gasteiger partial charge in [0.2, 0.25) is 0 Å². The third-order valence-corrected chi connectivity index (χ3v) is 3.85. The second-order valence-electron chi connectivity index (χ2n) is 3.97. The molecule has 1 heterocycles. The van der Waals surface area contributed by atoms with Crippen LogP contribution in [-0.2, 0) is 10.8 Å². The summed E-state index contributed by atoms with van der Waals surface area (Å²) < 4.78 is 11.2. The van der Waals surface area contributed by atoms with Crippen LogP contribution in [0.15, 0.2) is 6.20 Å². The Kier molecular flexibility index (Phi) is 4.86. The molecule has 0 aliphatic rings. The highest BCUT2D eigenvalue weighted by atomic mass is 32.2. The van der Waals surface area contributed by atoms with Gasteiger partial charge in [0.05, 0.1) is 11.4 Å². The van der Waals surface area contributed by atoms with Gasteiger partial charge in [0.15, 0.2) is 0 Å². The Morgan fingerprint density at radius 1 is 1.50 bits per heavy atom. The highest BCUT2D eigenvalue weighted by Crippen LogP contribution is 2.09. The fourth-order valence-corrected chi connectivity index (χ4v) is 1.71. The molecule has 0 saturated heterocycles. The maximum Gasteiger partial charge on any atom is 0.147 e. The molecule has 0 fully saturated rings. The fraction of sp³-hybridized carbons (Fsp3) is 0.636. The molecule has 1 aromatic rings. The van der Waals surface area contributed by atoms with E-state index in [4.69, 9.17) is 0 Å². The largest absolute Gasteiger partial charge is 0.369 e. The second-order valence-corrected chi connectivity index (χ2v) is 5.77. The van der Waals surface area contributed by atoms with Crippen LogP contribution in [0.3, 0.4) is 0 Å². The van der Waals surface area contributed by atoms with Gasteiger partial charge in [-0.2, -0.15) is 0 Å². The summed E-state index contributed by atoms with van der Waals surface area (Å²) in [5.74, 6) is 0.828. The summed E-state index contributed by atoms with van der Waals surface area (Å²) in [5, 5.41) is 3.44. The standard InChI is InChI=1S/C11H19N3OS/c1-8-7-13-10(3)11(14-8)12-6-5-9(2)16(4)15/h7,9H,5-6H2,1-4H3,(H,12,14). The van der Waals surface area contributed by atoms with Crippen molar-refractivity contribution in [1.82, 2.24) is 9.97 Å². The van der Waals surface area contributed by atoms with Crippen molar-refractivity contribution < 1.29 is 4.21 Å². The molecule has 16 heavy (non-hydrogen) atoms. The van der Waals surface area contributed by atoms with Gasteiger partial charge < -0.3 is 5.32 Å². The smallest absolute Gasteiger partial charge is 0.147 e. The quantitative estimate of drug-likeness (QED) is 0.852. The molecule has 1 rings (SSSR count). The van der Waals surface area contributed by atoms with Crippen molar-refractivity contribution in [3.05, 3.63) is 17.6 Å². The molecule has 0 aliphatic heterocycles. The van der Waals surface area contributed by atoms with Gasteiger partial charge in [0.25, 0.3) is 0 Å². The van der Waals surface area contributed by atoms with Crippen LogP contribution in [-0.4, -0.2) is 32.2 Å². The molecule has 2 unspecified atom stereocenters. The molecular formula is C11H19N3OS. The van der Waals surface area contributed by atoms with E-state index in [0.717, 1.165) is 30.2 Å². The maximum atomic E-state index is 11.2. The molecule has 0 radical (unpaired) electrons. The van der Waals surface area contributed by atoms with E-state index < -0.39 is 10.8 Å². The van der Waals surface area contributed by atoms with Gasteiger partial charge in [-0.05, 0) is 20.3 Å². The zero-order valence-electron chi connectivity index (χ0n) is 10.3. The van der Waals surface area contributed by atoms with E-state index in [1.165, 1.54) is 0 Å². The Hall–Kier alpha value is -0.970. The lowest BCUT2D eigenvalue weighted by atomic mass is 10.3. The second kappa shape index (κ2) is 5.94. The van der Waals surface area contributed by atoms with Crippen molar-refractivity contribution in [3.63, 3.8) is 0 Å². The van der Waals surface area contributed by atoms with Crippen LogP contribution in [0, 0.1) is 13.8 Å². The van der Waals surface area contributed by atoms with Crippen molar-refractivity contribution in [1.29, 1.82) is 0 Å². The van der Waals surface area contributed by atoms with Crippen molar-refractivity contribution in [2.45, 2.75) is 32.4 Å². The van der Waals surface area contributed by atoms with Crippen LogP contribution < -0.4 is 5.32 Å². The number of aromatic nitrogens is 2. The Morgan fingerprint density at radius 3 is 2.81 bits per heavy atom. The molecule has 0 aromatic carbocycles. The van der Waals surface area contributed by atoms with Gasteiger partial charge in [-0.15, -0.1) is 0 Å². The van der Waals surface area contributed by atoms with Crippen LogP contribution in [0.4, 0.5) is 5.82 Å². The third kappa shape index (κ3) is 3.89. The van der Waals surface area contributed by atoms with Crippen molar-refractivity contribution in [2.24, 2.45) is 0 Å². The van der Waals surface area contributed by atoms with E-state index in [2.05, 4.69) is 15.3 Å². The summed E-state index contributed by atoms with van der Waals surface area (Å²) in [6.45, 7) is 6.61. The SMILES string of the molecule is Cc1cnc(C)c(NCCC(C)S(C)=O)n1. The highest BCUT2D eigenvalue weighted by Gasteiger charge is 2.06. The maximum absolute atomic E-state index is 11.2. The zero-order valence-corrected chi connectivity index (χ0v) is 11.1. The molecule has 1 N–H and O–H groups in total. The summed E-state index contributed by atoms with van der Waals surface area (Å²) in [6, 6.07) is 0. The predicted octanol–water partition coefficient (Wildman–Crippen LogP) is 1.66. The number of aryl methyl sites for hydroxylation is 2. The average Bonchev–Trinajstić information content (AvgIpc) is 2.22. The molecule has 0 bridgehead atoms.